The van der Waals surface area contributed by atoms with Crippen molar-refractivity contribution in [2.24, 2.45) is 0 Å². The van der Waals surface area contributed by atoms with Crippen molar-refractivity contribution in [2.45, 2.75) is 12.4 Å². The van der Waals surface area contributed by atoms with Crippen molar-refractivity contribution in [1.29, 1.82) is 0 Å². The van der Waals surface area contributed by atoms with Crippen LogP contribution in [-0.4, -0.2) is 37.4 Å². The molecule has 0 aromatic heterocycles. The van der Waals surface area contributed by atoms with Crippen LogP contribution in [0.5, 0.6) is 5.75 Å². The van der Waals surface area contributed by atoms with Gasteiger partial charge < -0.3 is 10.1 Å². The van der Waals surface area contributed by atoms with Crippen molar-refractivity contribution in [1.82, 2.24) is 10.2 Å². The first kappa shape index (κ1) is 19.1. The largest absolute Gasteiger partial charge is 0.573 e. The van der Waals surface area contributed by atoms with Crippen LogP contribution in [0.2, 0.25) is 0 Å². The Morgan fingerprint density at radius 1 is 1.04 bits per heavy atom. The summed E-state index contributed by atoms with van der Waals surface area (Å²) in [4.78, 5) is 2.22. The van der Waals surface area contributed by atoms with Gasteiger partial charge in [-0.15, -0.1) is 13.2 Å². The Hall–Kier alpha value is -1.64. The van der Waals surface area contributed by atoms with E-state index in [-0.39, 0.29) is 17.6 Å². The van der Waals surface area contributed by atoms with E-state index in [1.165, 1.54) is 24.3 Å². The lowest BCUT2D eigenvalue weighted by atomic mass is 9.96. The van der Waals surface area contributed by atoms with Crippen LogP contribution in [0.4, 0.5) is 17.6 Å². The first-order valence-electron chi connectivity index (χ1n) is 8.09. The first-order valence-corrected chi connectivity index (χ1v) is 8.88. The Kier molecular flexibility index (Phi) is 5.84. The second-order valence-electron chi connectivity index (χ2n) is 5.97. The molecule has 1 atom stereocenters. The van der Waals surface area contributed by atoms with E-state index in [0.29, 0.717) is 4.47 Å². The quantitative estimate of drug-likeness (QED) is 0.720. The van der Waals surface area contributed by atoms with Gasteiger partial charge in [-0.2, -0.15) is 0 Å². The van der Waals surface area contributed by atoms with E-state index < -0.39 is 6.36 Å². The number of rotatable bonds is 4. The Morgan fingerprint density at radius 3 is 2.27 bits per heavy atom. The lowest BCUT2D eigenvalue weighted by Gasteiger charge is -2.36. The number of benzene rings is 2. The highest BCUT2D eigenvalue weighted by molar-refractivity contribution is 9.10. The molecule has 1 aliphatic rings. The maximum atomic E-state index is 13.5. The molecular weight excluding hydrogens is 416 g/mol. The Labute approximate surface area is 157 Å². The molecule has 1 fully saturated rings. The molecule has 0 saturated carbocycles. The third-order valence-electron chi connectivity index (χ3n) is 4.20. The number of nitrogens with zero attached hydrogens (tertiary/aromatic N) is 1. The fraction of sp³-hybridized carbons (Fsp3) is 0.333. The van der Waals surface area contributed by atoms with Crippen LogP contribution in [-0.2, 0) is 0 Å². The molecule has 0 aliphatic carbocycles. The minimum atomic E-state index is -4.72. The second-order valence-corrected chi connectivity index (χ2v) is 6.83. The highest BCUT2D eigenvalue weighted by Crippen LogP contribution is 2.35. The van der Waals surface area contributed by atoms with Crippen LogP contribution >= 0.6 is 15.9 Å². The summed E-state index contributed by atoms with van der Waals surface area (Å²) >= 11 is 3.41. The van der Waals surface area contributed by atoms with Crippen LogP contribution in [0.25, 0.3) is 0 Å². The lowest BCUT2D eigenvalue weighted by molar-refractivity contribution is -0.274. The van der Waals surface area contributed by atoms with Crippen LogP contribution in [0.3, 0.4) is 0 Å². The number of halogens is 5. The monoisotopic (exact) mass is 432 g/mol. The summed E-state index contributed by atoms with van der Waals surface area (Å²) in [7, 11) is 0. The number of hydrogen-bond acceptors (Lipinski definition) is 3. The van der Waals surface area contributed by atoms with Crippen LogP contribution in [0.1, 0.15) is 17.2 Å². The predicted octanol–water partition coefficient (Wildman–Crippen LogP) is 4.48. The van der Waals surface area contributed by atoms with Crippen molar-refractivity contribution >= 4 is 15.9 Å². The summed E-state index contributed by atoms with van der Waals surface area (Å²) in [5.41, 5.74) is 1.67. The van der Waals surface area contributed by atoms with Gasteiger partial charge in [-0.05, 0) is 35.4 Å². The maximum absolute atomic E-state index is 13.5. The zero-order valence-corrected chi connectivity index (χ0v) is 15.3. The predicted molar refractivity (Wildman–Crippen MR) is 93.5 cm³/mol. The number of piperazine rings is 1. The fourth-order valence-corrected chi connectivity index (χ4v) is 3.67. The van der Waals surface area contributed by atoms with Gasteiger partial charge in [0.1, 0.15) is 11.6 Å². The minimum Gasteiger partial charge on any atom is -0.406 e. The number of ether oxygens (including phenoxy) is 1. The van der Waals surface area contributed by atoms with Gasteiger partial charge in [0.15, 0.2) is 0 Å². The van der Waals surface area contributed by atoms with E-state index in [2.05, 4.69) is 30.9 Å². The van der Waals surface area contributed by atoms with Gasteiger partial charge in [0.05, 0.1) is 6.04 Å². The van der Waals surface area contributed by atoms with Crippen molar-refractivity contribution in [2.75, 3.05) is 26.2 Å². The summed E-state index contributed by atoms with van der Waals surface area (Å²) in [5, 5.41) is 3.27. The minimum absolute atomic E-state index is 0.202. The zero-order valence-electron chi connectivity index (χ0n) is 13.7. The molecule has 1 saturated heterocycles. The molecule has 140 valence electrons. The zero-order chi connectivity index (χ0) is 18.7. The molecule has 0 unspecified atom stereocenters. The summed E-state index contributed by atoms with van der Waals surface area (Å²) in [6.07, 6.45) is -4.72. The Balaban J connectivity index is 1.95. The van der Waals surface area contributed by atoms with Gasteiger partial charge in [-0.1, -0.05) is 34.1 Å². The SMILES string of the molecule is Fc1ccc([C@H](c2ccc(OC(F)(F)F)cc2)N2CCNCC2)c(Br)c1. The van der Waals surface area contributed by atoms with Crippen molar-refractivity contribution in [3.05, 3.63) is 63.9 Å². The average molecular weight is 433 g/mol. The van der Waals surface area contributed by atoms with Gasteiger partial charge in [0.25, 0.3) is 0 Å². The van der Waals surface area contributed by atoms with Gasteiger partial charge in [0.2, 0.25) is 0 Å². The van der Waals surface area contributed by atoms with Crippen LogP contribution in [0.15, 0.2) is 46.9 Å². The fourth-order valence-electron chi connectivity index (χ4n) is 3.10. The molecular formula is C18H17BrF4N2O. The van der Waals surface area contributed by atoms with Crippen molar-refractivity contribution < 1.29 is 22.3 Å². The van der Waals surface area contributed by atoms with E-state index in [1.807, 2.05) is 0 Å². The van der Waals surface area contributed by atoms with Gasteiger partial charge in [-0.25, -0.2) is 4.39 Å². The highest BCUT2D eigenvalue weighted by atomic mass is 79.9. The number of nitrogens with one attached hydrogen (secondary N) is 1. The summed E-state index contributed by atoms with van der Waals surface area (Å²) < 4.78 is 55.2. The molecule has 2 aromatic carbocycles. The van der Waals surface area contributed by atoms with E-state index in [1.54, 1.807) is 18.2 Å². The molecule has 8 heteroatoms. The smallest absolute Gasteiger partial charge is 0.406 e. The molecule has 1 aliphatic heterocycles. The summed E-state index contributed by atoms with van der Waals surface area (Å²) in [6, 6.07) is 10.1. The first-order chi connectivity index (χ1) is 12.3. The third-order valence-corrected chi connectivity index (χ3v) is 4.89. The second kappa shape index (κ2) is 7.94. The standard InChI is InChI=1S/C18H17BrF4N2O/c19-16-11-13(20)3-6-15(16)17(25-9-7-24-8-10-25)12-1-4-14(5-2-12)26-18(21,22)23/h1-6,11,17,24H,7-10H2/t17-/m0/s1. The molecule has 3 rings (SSSR count). The van der Waals surface area contributed by atoms with E-state index in [9.17, 15) is 17.6 Å². The third kappa shape index (κ3) is 4.75. The molecule has 3 nitrogen and oxygen atoms in total. The summed E-state index contributed by atoms with van der Waals surface area (Å²) in [6.45, 7) is 3.17. The maximum Gasteiger partial charge on any atom is 0.573 e. The van der Waals surface area contributed by atoms with Gasteiger partial charge >= 0.3 is 6.36 Å². The Bertz CT molecular complexity index is 746. The molecule has 0 amide bonds. The van der Waals surface area contributed by atoms with E-state index in [0.717, 1.165) is 37.3 Å². The number of alkyl halides is 3. The van der Waals surface area contributed by atoms with Gasteiger partial charge in [-0.3, -0.25) is 4.90 Å². The topological polar surface area (TPSA) is 24.5 Å². The lowest BCUT2D eigenvalue weighted by Crippen LogP contribution is -2.45. The molecule has 26 heavy (non-hydrogen) atoms. The van der Waals surface area contributed by atoms with E-state index in [4.69, 9.17) is 0 Å². The van der Waals surface area contributed by atoms with Crippen LogP contribution < -0.4 is 10.1 Å². The molecule has 1 heterocycles. The highest BCUT2D eigenvalue weighted by Gasteiger charge is 2.31. The number of hydrogen-bond donors (Lipinski definition) is 1. The van der Waals surface area contributed by atoms with Gasteiger partial charge in [0, 0.05) is 30.7 Å². The average Bonchev–Trinajstić information content (AvgIpc) is 2.58. The van der Waals surface area contributed by atoms with Crippen molar-refractivity contribution in [3.63, 3.8) is 0 Å². The normalized spacial score (nSPS) is 17.1. The van der Waals surface area contributed by atoms with Crippen LogP contribution in [0, 0.1) is 5.82 Å². The molecule has 0 spiro atoms. The Morgan fingerprint density at radius 2 is 1.69 bits per heavy atom. The summed E-state index contributed by atoms with van der Waals surface area (Å²) in [5.74, 6) is -0.618. The molecule has 0 radical (unpaired) electrons. The van der Waals surface area contributed by atoms with E-state index >= 15 is 0 Å². The molecule has 2 aromatic rings. The van der Waals surface area contributed by atoms with Crippen molar-refractivity contribution in [3.8, 4) is 5.75 Å². The molecule has 0 bridgehead atoms. The molecule has 1 N–H and O–H groups in total.